The number of aromatic amines is 1. The summed E-state index contributed by atoms with van der Waals surface area (Å²) in [7, 11) is 0. The van der Waals surface area contributed by atoms with Crippen LogP contribution in [0.25, 0.3) is 0 Å². The number of benzene rings is 1. The van der Waals surface area contributed by atoms with Gasteiger partial charge in [-0.25, -0.2) is 24.6 Å². The molecule has 12 N–H and O–H groups in total. The third-order valence-corrected chi connectivity index (χ3v) is 11.0. The topological polar surface area (TPSA) is 412 Å². The van der Waals surface area contributed by atoms with Crippen LogP contribution in [0.2, 0.25) is 0 Å². The standard InChI is InChI=1S/C45H67N11O18/c1-8-70-42(65)32(34(61)35-36(72-25(6)57)37(73-26(7)58)40(74-35)55-21-17-29(59)51-45(55)67)47-19-13-20-48-39(63)31(33(60)24(4)5)52-38(62)28(16-12-18-49-43(46)54-56(68)69)50-44(66)53-30(23(2)3)41(64)71-22-27-14-10-9-11-15-27/h9-11,14-15,17,21,23-24,28,30-37,40,47,60-61H,8,12-13,16,18-20,22H2,1-7H3,(H8-,46,48,49,50,51,52,53,54,59,62,63,66,67,68,69)/p+1/t28-,30-,31-,32?,33-,34?,35+,36+,37+,40+/m0/s1. The zero-order valence-electron chi connectivity index (χ0n) is 42.0. The van der Waals surface area contributed by atoms with Crippen molar-refractivity contribution in [2.45, 2.75) is 135 Å². The summed E-state index contributed by atoms with van der Waals surface area (Å²) < 4.78 is 28.2. The number of amides is 4. The van der Waals surface area contributed by atoms with E-state index in [-0.39, 0.29) is 52.1 Å². The van der Waals surface area contributed by atoms with E-state index in [0.29, 0.717) is 5.56 Å². The molecule has 0 aliphatic carbocycles. The summed E-state index contributed by atoms with van der Waals surface area (Å²) in [5.74, 6) is -6.94. The molecule has 1 aliphatic rings. The van der Waals surface area contributed by atoms with Crippen LogP contribution in [0.1, 0.15) is 79.5 Å². The number of guanidine groups is 1. The monoisotopic (exact) mass is 1050 g/mol. The summed E-state index contributed by atoms with van der Waals surface area (Å²) >= 11 is 0. The molecule has 0 saturated carbocycles. The minimum atomic E-state index is -1.94. The van der Waals surface area contributed by atoms with Crippen molar-refractivity contribution in [3.63, 3.8) is 0 Å². The molecule has 0 bridgehead atoms. The normalized spacial score (nSPS) is 18.9. The lowest BCUT2D eigenvalue weighted by Gasteiger charge is -2.30. The summed E-state index contributed by atoms with van der Waals surface area (Å²) in [6.07, 6.45) is -8.97. The predicted octanol–water partition coefficient (Wildman–Crippen LogP) is -2.61. The van der Waals surface area contributed by atoms with Gasteiger partial charge in [-0.05, 0) is 55.6 Å². The first kappa shape index (κ1) is 60.8. The number of carbonyl (C=O) groups excluding carboxylic acids is 7. The third kappa shape index (κ3) is 19.2. The maximum Gasteiger partial charge on any atom is 0.362 e. The Morgan fingerprint density at radius 1 is 0.838 bits per heavy atom. The van der Waals surface area contributed by atoms with E-state index in [0.717, 1.165) is 30.7 Å². The van der Waals surface area contributed by atoms with Crippen molar-refractivity contribution < 1.29 is 77.7 Å². The fourth-order valence-corrected chi connectivity index (χ4v) is 7.37. The van der Waals surface area contributed by atoms with Crippen molar-refractivity contribution >= 4 is 47.7 Å². The molecule has 410 valence electrons. The average molecular weight is 1050 g/mol. The van der Waals surface area contributed by atoms with Crippen LogP contribution < -0.4 is 49.0 Å². The number of urea groups is 1. The fraction of sp³-hybridized carbons (Fsp3) is 0.600. The van der Waals surface area contributed by atoms with Gasteiger partial charge in [0.25, 0.3) is 11.5 Å². The second kappa shape index (κ2) is 29.9. The molecule has 1 aromatic heterocycles. The minimum absolute atomic E-state index is 0.0191. The van der Waals surface area contributed by atoms with Crippen molar-refractivity contribution in [1.82, 2.24) is 41.6 Å². The Kier molecular flexibility index (Phi) is 24.5. The molecular formula is C45H68N11O18+. The number of rotatable bonds is 28. The zero-order chi connectivity index (χ0) is 55.2. The second-order valence-electron chi connectivity index (χ2n) is 17.5. The Morgan fingerprint density at radius 2 is 1.49 bits per heavy atom. The number of nitrogens with zero attached hydrogens (tertiary/aromatic N) is 3. The molecular weight excluding hydrogens is 983 g/mol. The van der Waals surface area contributed by atoms with E-state index < -0.39 is 137 Å². The van der Waals surface area contributed by atoms with E-state index in [4.69, 9.17) is 34.6 Å². The van der Waals surface area contributed by atoms with Gasteiger partial charge in [-0.15, -0.1) is 0 Å². The van der Waals surface area contributed by atoms with Crippen LogP contribution in [-0.2, 0) is 59.1 Å². The van der Waals surface area contributed by atoms with Crippen molar-refractivity contribution in [1.29, 1.82) is 0 Å². The predicted molar refractivity (Wildman–Crippen MR) is 256 cm³/mol. The molecule has 0 spiro atoms. The van der Waals surface area contributed by atoms with Crippen LogP contribution in [0.4, 0.5) is 4.79 Å². The SMILES string of the molecule is CCOC(=O)C(NCCCNC(=O)[C@@H](NC(=O)[C@H](CCCN=C(N)N[N+](=O)O)NC(=O)N[C@H](C(=O)OCc1ccccc1)C(C)C)[C@@H](O)C(C)C)C(O)[C@H]1O[C@@H](n2ccc(=O)[nH]c2=O)[C@H](OC(C)=O)[C@@H]1OC(C)=O. The second-order valence-corrected chi connectivity index (χ2v) is 17.5. The fourth-order valence-electron chi connectivity index (χ4n) is 7.37. The highest BCUT2D eigenvalue weighted by Gasteiger charge is 2.55. The van der Waals surface area contributed by atoms with Crippen LogP contribution in [0, 0.1) is 16.7 Å². The molecule has 1 aromatic carbocycles. The Morgan fingerprint density at radius 3 is 2.08 bits per heavy atom. The van der Waals surface area contributed by atoms with Crippen LogP contribution in [0.3, 0.4) is 0 Å². The summed E-state index contributed by atoms with van der Waals surface area (Å²) in [4.78, 5) is 133. The van der Waals surface area contributed by atoms with Crippen LogP contribution in [-0.4, -0.2) is 159 Å². The Hall–Kier alpha value is -7.50. The highest BCUT2D eigenvalue weighted by atomic mass is 16.7. The molecule has 2 aromatic rings. The number of aliphatic hydroxyl groups excluding tert-OH is 2. The number of aliphatic hydroxyl groups is 2. The van der Waals surface area contributed by atoms with Crippen LogP contribution in [0.15, 0.2) is 57.2 Å². The van der Waals surface area contributed by atoms with Gasteiger partial charge in [-0.3, -0.25) is 38.3 Å². The lowest BCUT2D eigenvalue weighted by atomic mass is 9.98. The van der Waals surface area contributed by atoms with Crippen molar-refractivity contribution in [2.24, 2.45) is 22.6 Å². The molecule has 3 rings (SSSR count). The van der Waals surface area contributed by atoms with E-state index in [1.807, 2.05) is 4.98 Å². The number of esters is 4. The van der Waals surface area contributed by atoms with Crippen LogP contribution in [0.5, 0.6) is 0 Å². The molecule has 10 atom stereocenters. The number of carbonyl (C=O) groups is 7. The molecule has 29 nitrogen and oxygen atoms in total. The highest BCUT2D eigenvalue weighted by molar-refractivity contribution is 5.93. The Labute approximate surface area is 424 Å². The number of aliphatic imine (C=N–C) groups is 1. The third-order valence-electron chi connectivity index (χ3n) is 11.0. The summed E-state index contributed by atoms with van der Waals surface area (Å²) in [6, 6.07) is 2.95. The smallest absolute Gasteiger partial charge is 0.362 e. The number of hydrogen-bond donors (Lipinski definition) is 11. The average Bonchev–Trinajstić information content (AvgIpc) is 3.65. The first-order valence-electron chi connectivity index (χ1n) is 23.6. The Bertz CT molecular complexity index is 2380. The molecule has 1 fully saturated rings. The van der Waals surface area contributed by atoms with Gasteiger partial charge in [0.1, 0.15) is 47.9 Å². The van der Waals surface area contributed by atoms with E-state index in [1.165, 1.54) is 6.92 Å². The summed E-state index contributed by atoms with van der Waals surface area (Å²) in [6.45, 7) is 9.36. The quantitative estimate of drug-likeness (QED) is 0.0104. The number of hydrogen-bond acceptors (Lipinski definition) is 19. The molecule has 2 heterocycles. The number of H-pyrrole nitrogens is 1. The van der Waals surface area contributed by atoms with E-state index >= 15 is 0 Å². The van der Waals surface area contributed by atoms with Crippen molar-refractivity contribution in [3.05, 3.63) is 73.9 Å². The van der Waals surface area contributed by atoms with Gasteiger partial charge in [0.15, 0.2) is 18.4 Å². The molecule has 1 saturated heterocycles. The molecule has 74 heavy (non-hydrogen) atoms. The van der Waals surface area contributed by atoms with Gasteiger partial charge in [0.2, 0.25) is 11.8 Å². The molecule has 1 aliphatic heterocycles. The maximum absolute atomic E-state index is 14.0. The molecule has 0 radical (unpaired) electrons. The first-order chi connectivity index (χ1) is 34.9. The first-order valence-corrected chi connectivity index (χ1v) is 23.6. The number of aromatic nitrogens is 2. The van der Waals surface area contributed by atoms with E-state index in [1.54, 1.807) is 63.5 Å². The van der Waals surface area contributed by atoms with Gasteiger partial charge >= 0.3 is 40.6 Å². The van der Waals surface area contributed by atoms with Gasteiger partial charge in [-0.1, -0.05) is 58.0 Å². The lowest BCUT2D eigenvalue weighted by molar-refractivity contribution is -0.822. The lowest BCUT2D eigenvalue weighted by Crippen LogP contribution is -2.60. The maximum atomic E-state index is 14.0. The van der Waals surface area contributed by atoms with Gasteiger partial charge in [-0.2, -0.15) is 0 Å². The van der Waals surface area contributed by atoms with Gasteiger partial charge in [0.05, 0.1) is 12.7 Å². The molecule has 2 unspecified atom stereocenters. The number of nitrogens with one attached hydrogen (secondary N) is 7. The highest BCUT2D eigenvalue weighted by Crippen LogP contribution is 2.35. The number of ether oxygens (including phenoxy) is 5. The number of nitrogens with two attached hydrogens (primary N) is 1. The minimum Gasteiger partial charge on any atom is -0.465 e. The number of hydrazine groups is 1. The van der Waals surface area contributed by atoms with Crippen LogP contribution >= 0.6 is 0 Å². The van der Waals surface area contributed by atoms with E-state index in [9.17, 15) is 58.3 Å². The summed E-state index contributed by atoms with van der Waals surface area (Å²) in [5, 5.41) is 44.0. The van der Waals surface area contributed by atoms with E-state index in [2.05, 4.69) is 31.6 Å². The zero-order valence-corrected chi connectivity index (χ0v) is 42.0. The van der Waals surface area contributed by atoms with Crippen molar-refractivity contribution in [3.8, 4) is 0 Å². The van der Waals surface area contributed by atoms with Gasteiger partial charge in [0, 0.05) is 39.2 Å². The molecule has 4 amide bonds. The van der Waals surface area contributed by atoms with Crippen molar-refractivity contribution in [2.75, 3.05) is 26.2 Å². The largest absolute Gasteiger partial charge is 0.465 e. The molecule has 29 heteroatoms. The van der Waals surface area contributed by atoms with Gasteiger partial charge < -0.3 is 66.2 Å². The summed E-state index contributed by atoms with van der Waals surface area (Å²) in [5.41, 5.74) is 6.27. The Balaban J connectivity index is 1.78.